The maximum atomic E-state index is 13.1. The van der Waals surface area contributed by atoms with E-state index in [0.717, 1.165) is 16.9 Å². The number of hydrogen-bond acceptors (Lipinski definition) is 4. The fourth-order valence-electron chi connectivity index (χ4n) is 3.21. The van der Waals surface area contributed by atoms with Gasteiger partial charge >= 0.3 is 0 Å². The number of methoxy groups -OCH3 is 1. The number of aryl methyl sites for hydroxylation is 1. The Bertz CT molecular complexity index is 1170. The van der Waals surface area contributed by atoms with Gasteiger partial charge in [-0.2, -0.15) is 0 Å². The van der Waals surface area contributed by atoms with Gasteiger partial charge in [-0.3, -0.25) is 9.10 Å². The Hall–Kier alpha value is -3.32. The van der Waals surface area contributed by atoms with Gasteiger partial charge in [0.15, 0.2) is 0 Å². The summed E-state index contributed by atoms with van der Waals surface area (Å²) in [7, 11) is 0.986. The Kier molecular flexibility index (Phi) is 6.65. The van der Waals surface area contributed by atoms with Crippen molar-refractivity contribution in [1.82, 2.24) is 4.90 Å². The monoisotopic (exact) mass is 438 g/mol. The molecule has 0 atom stereocenters. The summed E-state index contributed by atoms with van der Waals surface area (Å²) >= 11 is 0. The SMILES string of the molecule is COc1ccc(CN(C)C(=O)c2cccc(S(=O)(=O)N(C)c3cccc(C)c3)c2)cc1. The summed E-state index contributed by atoms with van der Waals surface area (Å²) in [5, 5.41) is 0. The summed E-state index contributed by atoms with van der Waals surface area (Å²) in [4.78, 5) is 14.6. The first-order chi connectivity index (χ1) is 14.7. The van der Waals surface area contributed by atoms with Crippen LogP contribution in [0.5, 0.6) is 5.75 Å². The second kappa shape index (κ2) is 9.22. The van der Waals surface area contributed by atoms with Gasteiger partial charge in [0.25, 0.3) is 15.9 Å². The van der Waals surface area contributed by atoms with Crippen LogP contribution in [0.4, 0.5) is 5.69 Å². The van der Waals surface area contributed by atoms with Gasteiger partial charge in [0, 0.05) is 26.2 Å². The van der Waals surface area contributed by atoms with Crippen LogP contribution in [0.2, 0.25) is 0 Å². The largest absolute Gasteiger partial charge is 0.497 e. The zero-order valence-corrected chi connectivity index (χ0v) is 18.9. The van der Waals surface area contributed by atoms with Crippen molar-refractivity contribution in [1.29, 1.82) is 0 Å². The molecule has 0 unspecified atom stereocenters. The van der Waals surface area contributed by atoms with Crippen molar-refractivity contribution in [3.05, 3.63) is 89.5 Å². The van der Waals surface area contributed by atoms with E-state index in [0.29, 0.717) is 17.8 Å². The molecule has 0 fully saturated rings. The van der Waals surface area contributed by atoms with Crippen molar-refractivity contribution in [3.8, 4) is 5.75 Å². The Labute approximate surface area is 183 Å². The van der Waals surface area contributed by atoms with E-state index in [1.807, 2.05) is 43.3 Å². The standard InChI is InChI=1S/C24H26N2O4S/c1-18-7-5-9-21(15-18)26(3)31(28,29)23-10-6-8-20(16-23)24(27)25(2)17-19-11-13-22(30-4)14-12-19/h5-16H,17H2,1-4H3. The first-order valence-corrected chi connectivity index (χ1v) is 11.2. The highest BCUT2D eigenvalue weighted by molar-refractivity contribution is 7.92. The summed E-state index contributed by atoms with van der Waals surface area (Å²) in [6, 6.07) is 20.8. The first kappa shape index (κ1) is 22.4. The quantitative estimate of drug-likeness (QED) is 0.557. The second-order valence-electron chi connectivity index (χ2n) is 7.35. The molecule has 162 valence electrons. The van der Waals surface area contributed by atoms with Crippen LogP contribution in [0.25, 0.3) is 0 Å². The van der Waals surface area contributed by atoms with Crippen molar-refractivity contribution in [2.24, 2.45) is 0 Å². The number of nitrogens with zero attached hydrogens (tertiary/aromatic N) is 2. The Morgan fingerprint density at radius 3 is 2.26 bits per heavy atom. The van der Waals surface area contributed by atoms with Gasteiger partial charge < -0.3 is 9.64 Å². The van der Waals surface area contributed by atoms with Crippen molar-refractivity contribution in [2.75, 3.05) is 25.5 Å². The normalized spacial score (nSPS) is 11.1. The van der Waals surface area contributed by atoms with Crippen LogP contribution in [0.3, 0.4) is 0 Å². The molecule has 0 N–H and O–H groups in total. The Morgan fingerprint density at radius 1 is 0.935 bits per heavy atom. The van der Waals surface area contributed by atoms with E-state index in [4.69, 9.17) is 4.74 Å². The first-order valence-electron chi connectivity index (χ1n) is 9.76. The highest BCUT2D eigenvalue weighted by Crippen LogP contribution is 2.24. The van der Waals surface area contributed by atoms with Crippen molar-refractivity contribution in [2.45, 2.75) is 18.4 Å². The maximum Gasteiger partial charge on any atom is 0.264 e. The van der Waals surface area contributed by atoms with Gasteiger partial charge in [0.1, 0.15) is 5.75 Å². The number of rotatable bonds is 7. The molecular weight excluding hydrogens is 412 g/mol. The number of carbonyl (C=O) groups is 1. The molecule has 0 bridgehead atoms. The third kappa shape index (κ3) is 5.06. The van der Waals surface area contributed by atoms with E-state index in [-0.39, 0.29) is 10.8 Å². The Balaban J connectivity index is 1.81. The number of amides is 1. The zero-order chi connectivity index (χ0) is 22.6. The number of anilines is 1. The molecule has 3 aromatic carbocycles. The molecule has 0 saturated heterocycles. The molecule has 0 saturated carbocycles. The summed E-state index contributed by atoms with van der Waals surface area (Å²) in [6.07, 6.45) is 0. The molecular formula is C24H26N2O4S. The fourth-order valence-corrected chi connectivity index (χ4v) is 4.44. The van der Waals surface area contributed by atoms with Crippen molar-refractivity contribution < 1.29 is 17.9 Å². The molecule has 0 aromatic heterocycles. The number of hydrogen-bond donors (Lipinski definition) is 0. The lowest BCUT2D eigenvalue weighted by Crippen LogP contribution is -2.28. The average molecular weight is 439 g/mol. The lowest BCUT2D eigenvalue weighted by Gasteiger charge is -2.21. The number of carbonyl (C=O) groups excluding carboxylic acids is 1. The van der Waals surface area contributed by atoms with Crippen LogP contribution in [0.1, 0.15) is 21.5 Å². The molecule has 0 aliphatic rings. The highest BCUT2D eigenvalue weighted by Gasteiger charge is 2.23. The lowest BCUT2D eigenvalue weighted by molar-refractivity contribution is 0.0785. The van der Waals surface area contributed by atoms with Gasteiger partial charge in [0.05, 0.1) is 17.7 Å². The maximum absolute atomic E-state index is 13.1. The van der Waals surface area contributed by atoms with Gasteiger partial charge in [-0.25, -0.2) is 8.42 Å². The number of benzene rings is 3. The molecule has 0 aliphatic carbocycles. The molecule has 0 aliphatic heterocycles. The van der Waals surface area contributed by atoms with E-state index in [9.17, 15) is 13.2 Å². The van der Waals surface area contributed by atoms with Crippen LogP contribution in [-0.2, 0) is 16.6 Å². The van der Waals surface area contributed by atoms with Crippen molar-refractivity contribution in [3.63, 3.8) is 0 Å². The van der Waals surface area contributed by atoms with Gasteiger partial charge in [-0.05, 0) is 60.5 Å². The molecule has 1 amide bonds. The van der Waals surface area contributed by atoms with Crippen LogP contribution in [0.15, 0.2) is 77.7 Å². The molecule has 0 radical (unpaired) electrons. The van der Waals surface area contributed by atoms with E-state index in [2.05, 4.69) is 0 Å². The number of ether oxygens (including phenoxy) is 1. The molecule has 6 nitrogen and oxygen atoms in total. The average Bonchev–Trinajstić information content (AvgIpc) is 2.78. The fraction of sp³-hybridized carbons (Fsp3) is 0.208. The summed E-state index contributed by atoms with van der Waals surface area (Å²) in [5.74, 6) is 0.486. The molecule has 31 heavy (non-hydrogen) atoms. The van der Waals surface area contributed by atoms with Gasteiger partial charge in [0.2, 0.25) is 0 Å². The predicted molar refractivity (Wildman–Crippen MR) is 122 cm³/mol. The molecule has 3 rings (SSSR count). The van der Waals surface area contributed by atoms with Gasteiger partial charge in [-0.1, -0.05) is 30.3 Å². The van der Waals surface area contributed by atoms with E-state index < -0.39 is 10.0 Å². The minimum Gasteiger partial charge on any atom is -0.497 e. The molecule has 3 aromatic rings. The highest BCUT2D eigenvalue weighted by atomic mass is 32.2. The molecule has 0 spiro atoms. The third-order valence-corrected chi connectivity index (χ3v) is 6.81. The molecule has 0 heterocycles. The minimum atomic E-state index is -3.81. The van der Waals surface area contributed by atoms with Crippen LogP contribution >= 0.6 is 0 Å². The predicted octanol–water partition coefficient (Wildman–Crippen LogP) is 4.10. The minimum absolute atomic E-state index is 0.0696. The van der Waals surface area contributed by atoms with Crippen LogP contribution < -0.4 is 9.04 Å². The third-order valence-electron chi connectivity index (χ3n) is 5.03. The van der Waals surface area contributed by atoms with E-state index in [1.165, 1.54) is 23.5 Å². The van der Waals surface area contributed by atoms with E-state index in [1.54, 1.807) is 43.3 Å². The smallest absolute Gasteiger partial charge is 0.264 e. The topological polar surface area (TPSA) is 66.9 Å². The number of sulfonamides is 1. The Morgan fingerprint density at radius 2 is 1.61 bits per heavy atom. The zero-order valence-electron chi connectivity index (χ0n) is 18.1. The molecule has 7 heteroatoms. The summed E-state index contributed by atoms with van der Waals surface area (Å²) in [6.45, 7) is 2.30. The van der Waals surface area contributed by atoms with Crippen molar-refractivity contribution >= 4 is 21.6 Å². The van der Waals surface area contributed by atoms with Gasteiger partial charge in [-0.15, -0.1) is 0 Å². The summed E-state index contributed by atoms with van der Waals surface area (Å²) in [5.41, 5.74) is 2.78. The lowest BCUT2D eigenvalue weighted by atomic mass is 10.1. The van der Waals surface area contributed by atoms with Crippen LogP contribution in [-0.4, -0.2) is 40.4 Å². The summed E-state index contributed by atoms with van der Waals surface area (Å²) < 4.78 is 32.6. The second-order valence-corrected chi connectivity index (χ2v) is 9.32. The van der Waals surface area contributed by atoms with Crippen LogP contribution in [0, 0.1) is 6.92 Å². The van der Waals surface area contributed by atoms with E-state index >= 15 is 0 Å².